The van der Waals surface area contributed by atoms with Gasteiger partial charge in [0.15, 0.2) is 0 Å². The van der Waals surface area contributed by atoms with E-state index in [9.17, 15) is 9.18 Å². The second-order valence-corrected chi connectivity index (χ2v) is 6.69. The van der Waals surface area contributed by atoms with Crippen LogP contribution < -0.4 is 5.32 Å². The molecule has 1 aromatic heterocycles. The Hall–Kier alpha value is -2.75. The maximum absolute atomic E-state index is 13.2. The molecule has 1 N–H and O–H groups in total. The highest BCUT2D eigenvalue weighted by Gasteiger charge is 2.14. The number of rotatable bonds is 4. The van der Waals surface area contributed by atoms with Gasteiger partial charge in [-0.2, -0.15) is 0 Å². The van der Waals surface area contributed by atoms with Crippen molar-refractivity contribution in [2.45, 2.75) is 20.8 Å². The van der Waals surface area contributed by atoms with Crippen LogP contribution in [-0.4, -0.2) is 17.4 Å². The number of aryl methyl sites for hydroxylation is 1. The van der Waals surface area contributed by atoms with E-state index in [0.29, 0.717) is 23.7 Å². The molecule has 1 amide bonds. The van der Waals surface area contributed by atoms with E-state index >= 15 is 0 Å². The molecule has 0 saturated carbocycles. The van der Waals surface area contributed by atoms with Crippen LogP contribution in [0.4, 0.5) is 4.39 Å². The van der Waals surface area contributed by atoms with Gasteiger partial charge in [0.2, 0.25) is 0 Å². The van der Waals surface area contributed by atoms with E-state index in [4.69, 9.17) is 0 Å². The monoisotopic (exact) mass is 336 g/mol. The summed E-state index contributed by atoms with van der Waals surface area (Å²) in [5.74, 6) is -0.0412. The van der Waals surface area contributed by atoms with Gasteiger partial charge in [-0.25, -0.2) is 9.37 Å². The molecule has 0 atom stereocenters. The van der Waals surface area contributed by atoms with E-state index in [0.717, 1.165) is 22.0 Å². The van der Waals surface area contributed by atoms with Crippen LogP contribution in [0.25, 0.3) is 22.2 Å². The molecule has 128 valence electrons. The maximum atomic E-state index is 13.2. The maximum Gasteiger partial charge on any atom is 0.252 e. The molecule has 0 aliphatic carbocycles. The molecular formula is C21H21FN2O. The Kier molecular flexibility index (Phi) is 4.79. The summed E-state index contributed by atoms with van der Waals surface area (Å²) in [4.78, 5) is 17.4. The minimum Gasteiger partial charge on any atom is -0.352 e. The van der Waals surface area contributed by atoms with Gasteiger partial charge in [0, 0.05) is 17.5 Å². The molecule has 0 spiro atoms. The summed E-state index contributed by atoms with van der Waals surface area (Å²) in [6, 6.07) is 13.8. The highest BCUT2D eigenvalue weighted by molar-refractivity contribution is 6.07. The largest absolute Gasteiger partial charge is 0.352 e. The number of fused-ring (bicyclic) bond motifs is 1. The van der Waals surface area contributed by atoms with Crippen molar-refractivity contribution >= 4 is 16.8 Å². The van der Waals surface area contributed by atoms with Gasteiger partial charge in [0.1, 0.15) is 5.82 Å². The molecule has 0 bridgehead atoms. The number of nitrogens with zero attached hydrogens (tertiary/aromatic N) is 1. The second-order valence-electron chi connectivity index (χ2n) is 6.69. The summed E-state index contributed by atoms with van der Waals surface area (Å²) in [6.07, 6.45) is 0. The van der Waals surface area contributed by atoms with Gasteiger partial charge >= 0.3 is 0 Å². The van der Waals surface area contributed by atoms with Crippen molar-refractivity contribution in [3.8, 4) is 11.3 Å². The van der Waals surface area contributed by atoms with E-state index < -0.39 is 0 Å². The van der Waals surface area contributed by atoms with Crippen LogP contribution in [0.1, 0.15) is 29.8 Å². The van der Waals surface area contributed by atoms with Gasteiger partial charge in [-0.15, -0.1) is 0 Å². The van der Waals surface area contributed by atoms with Gasteiger partial charge in [0.05, 0.1) is 16.8 Å². The predicted octanol–water partition coefficient (Wildman–Crippen LogP) is 4.74. The number of amides is 1. The fraction of sp³-hybridized carbons (Fsp3) is 0.238. The zero-order chi connectivity index (χ0) is 18.0. The molecule has 4 heteroatoms. The number of hydrogen-bond acceptors (Lipinski definition) is 2. The lowest BCUT2D eigenvalue weighted by Crippen LogP contribution is -2.27. The Bertz CT molecular complexity index is 917. The topological polar surface area (TPSA) is 42.0 Å². The van der Waals surface area contributed by atoms with Gasteiger partial charge in [0.25, 0.3) is 5.91 Å². The van der Waals surface area contributed by atoms with Crippen LogP contribution in [0.15, 0.2) is 48.5 Å². The number of aromatic nitrogens is 1. The second kappa shape index (κ2) is 7.01. The summed E-state index contributed by atoms with van der Waals surface area (Å²) in [5.41, 5.74) is 3.85. The number of halogens is 1. The Labute approximate surface area is 146 Å². The summed E-state index contributed by atoms with van der Waals surface area (Å²) in [5, 5.41) is 3.80. The number of carbonyl (C=O) groups is 1. The first-order valence-corrected chi connectivity index (χ1v) is 8.39. The van der Waals surface area contributed by atoms with E-state index in [1.807, 2.05) is 25.1 Å². The molecule has 0 unspecified atom stereocenters. The van der Waals surface area contributed by atoms with Crippen LogP contribution in [0, 0.1) is 18.7 Å². The van der Waals surface area contributed by atoms with E-state index in [1.165, 1.54) is 12.1 Å². The number of benzene rings is 2. The summed E-state index contributed by atoms with van der Waals surface area (Å²) >= 11 is 0. The standard InChI is InChI=1S/C21H21FN2O/c1-13(2)12-23-21(25)18-11-20(15-5-7-16(22)8-6-15)24-19-9-4-14(3)10-17(18)19/h4-11,13H,12H2,1-3H3,(H,23,25). The average Bonchev–Trinajstić information content (AvgIpc) is 2.59. The molecule has 0 aliphatic heterocycles. The fourth-order valence-corrected chi connectivity index (χ4v) is 2.69. The molecule has 2 aromatic carbocycles. The van der Waals surface area contributed by atoms with Crippen molar-refractivity contribution in [2.24, 2.45) is 5.92 Å². The highest BCUT2D eigenvalue weighted by Crippen LogP contribution is 2.26. The SMILES string of the molecule is Cc1ccc2nc(-c3ccc(F)cc3)cc(C(=O)NCC(C)C)c2c1. The third-order valence-corrected chi connectivity index (χ3v) is 4.02. The third-order valence-electron chi connectivity index (χ3n) is 4.02. The predicted molar refractivity (Wildman–Crippen MR) is 99.0 cm³/mol. The number of carbonyl (C=O) groups excluding carboxylic acids is 1. The molecule has 0 fully saturated rings. The normalized spacial score (nSPS) is 11.1. The molecule has 3 aromatic rings. The van der Waals surface area contributed by atoms with Crippen molar-refractivity contribution < 1.29 is 9.18 Å². The number of hydrogen-bond donors (Lipinski definition) is 1. The van der Waals surface area contributed by atoms with Crippen LogP contribution in [0.5, 0.6) is 0 Å². The van der Waals surface area contributed by atoms with Crippen LogP contribution in [-0.2, 0) is 0 Å². The lowest BCUT2D eigenvalue weighted by Gasteiger charge is -2.12. The van der Waals surface area contributed by atoms with E-state index in [-0.39, 0.29) is 11.7 Å². The number of pyridine rings is 1. The fourth-order valence-electron chi connectivity index (χ4n) is 2.69. The molecule has 25 heavy (non-hydrogen) atoms. The Morgan fingerprint density at radius 1 is 1.12 bits per heavy atom. The van der Waals surface area contributed by atoms with Crippen molar-refractivity contribution in [3.05, 3.63) is 65.5 Å². The van der Waals surface area contributed by atoms with Crippen molar-refractivity contribution in [3.63, 3.8) is 0 Å². The molecule has 0 aliphatic rings. The molecular weight excluding hydrogens is 315 g/mol. The minimum absolute atomic E-state index is 0.116. The van der Waals surface area contributed by atoms with Gasteiger partial charge in [-0.3, -0.25) is 4.79 Å². The van der Waals surface area contributed by atoms with Gasteiger partial charge < -0.3 is 5.32 Å². The zero-order valence-corrected chi connectivity index (χ0v) is 14.6. The number of nitrogens with one attached hydrogen (secondary N) is 1. The summed E-state index contributed by atoms with van der Waals surface area (Å²) in [6.45, 7) is 6.71. The summed E-state index contributed by atoms with van der Waals surface area (Å²) < 4.78 is 13.2. The first-order chi connectivity index (χ1) is 11.9. The van der Waals surface area contributed by atoms with Gasteiger partial charge in [-0.05, 0) is 55.3 Å². The van der Waals surface area contributed by atoms with E-state index in [2.05, 4.69) is 24.1 Å². The first-order valence-electron chi connectivity index (χ1n) is 8.39. The third kappa shape index (κ3) is 3.85. The van der Waals surface area contributed by atoms with Gasteiger partial charge in [-0.1, -0.05) is 25.5 Å². The van der Waals surface area contributed by atoms with Crippen LogP contribution in [0.2, 0.25) is 0 Å². The Morgan fingerprint density at radius 3 is 2.52 bits per heavy atom. The zero-order valence-electron chi connectivity index (χ0n) is 14.6. The lowest BCUT2D eigenvalue weighted by molar-refractivity contribution is 0.0950. The molecule has 3 rings (SSSR count). The van der Waals surface area contributed by atoms with Crippen LogP contribution >= 0.6 is 0 Å². The minimum atomic E-state index is -0.296. The quantitative estimate of drug-likeness (QED) is 0.748. The highest BCUT2D eigenvalue weighted by atomic mass is 19.1. The summed E-state index contributed by atoms with van der Waals surface area (Å²) in [7, 11) is 0. The van der Waals surface area contributed by atoms with Crippen molar-refractivity contribution in [1.29, 1.82) is 0 Å². The van der Waals surface area contributed by atoms with Crippen molar-refractivity contribution in [2.75, 3.05) is 6.54 Å². The molecule has 3 nitrogen and oxygen atoms in total. The lowest BCUT2D eigenvalue weighted by atomic mass is 10.0. The molecule has 0 radical (unpaired) electrons. The Balaban J connectivity index is 2.13. The van der Waals surface area contributed by atoms with E-state index in [1.54, 1.807) is 18.2 Å². The molecule has 1 heterocycles. The van der Waals surface area contributed by atoms with Crippen molar-refractivity contribution in [1.82, 2.24) is 10.3 Å². The van der Waals surface area contributed by atoms with Crippen LogP contribution in [0.3, 0.4) is 0 Å². The smallest absolute Gasteiger partial charge is 0.252 e. The average molecular weight is 336 g/mol. The Morgan fingerprint density at radius 2 is 1.84 bits per heavy atom. The molecule has 0 saturated heterocycles. The first kappa shape index (κ1) is 17.1.